The summed E-state index contributed by atoms with van der Waals surface area (Å²) in [5, 5.41) is 17.9. The van der Waals surface area contributed by atoms with Crippen LogP contribution in [-0.2, 0) is 0 Å². The number of hydrogen-bond donors (Lipinski definition) is 2. The van der Waals surface area contributed by atoms with Gasteiger partial charge in [-0.05, 0) is 11.9 Å². The molecule has 0 spiro atoms. The number of benzene rings is 1. The maximum atomic E-state index is 11.6. The van der Waals surface area contributed by atoms with Crippen molar-refractivity contribution >= 4 is 18.4 Å². The van der Waals surface area contributed by atoms with Gasteiger partial charge in [-0.15, -0.1) is 0 Å². The van der Waals surface area contributed by atoms with Crippen LogP contribution in [0.25, 0.3) is 0 Å². The van der Waals surface area contributed by atoms with Gasteiger partial charge in [0.15, 0.2) is 5.78 Å². The summed E-state index contributed by atoms with van der Waals surface area (Å²) in [5.74, 6) is 0.0550. The molecule has 0 aliphatic carbocycles. The fourth-order valence-corrected chi connectivity index (χ4v) is 1.35. The molecule has 0 heterocycles. The van der Waals surface area contributed by atoms with E-state index in [9.17, 15) is 4.79 Å². The molecule has 1 aromatic rings. The Labute approximate surface area is 89.9 Å². The van der Waals surface area contributed by atoms with E-state index in [1.54, 1.807) is 18.2 Å². The summed E-state index contributed by atoms with van der Waals surface area (Å²) in [4.78, 5) is 11.6. The predicted octanol–water partition coefficient (Wildman–Crippen LogP) is 0.739. The summed E-state index contributed by atoms with van der Waals surface area (Å²) in [6.07, 6.45) is 2.36. The van der Waals surface area contributed by atoms with Crippen LogP contribution in [0.3, 0.4) is 0 Å². The molecule has 0 saturated heterocycles. The molecular weight excluding hydrogens is 191 g/mol. The maximum Gasteiger partial charge on any atom is 0.488 e. The van der Waals surface area contributed by atoms with Crippen molar-refractivity contribution in [3.8, 4) is 0 Å². The van der Waals surface area contributed by atoms with E-state index in [0.717, 1.165) is 12.8 Å². The van der Waals surface area contributed by atoms with Gasteiger partial charge in [-0.2, -0.15) is 0 Å². The van der Waals surface area contributed by atoms with Crippen LogP contribution in [0.15, 0.2) is 24.3 Å². The second-order valence-electron chi connectivity index (χ2n) is 3.53. The predicted molar refractivity (Wildman–Crippen MR) is 60.1 cm³/mol. The Hall–Kier alpha value is -1.13. The van der Waals surface area contributed by atoms with Crippen molar-refractivity contribution in [3.63, 3.8) is 0 Å². The molecule has 0 radical (unpaired) electrons. The lowest BCUT2D eigenvalue weighted by atomic mass is 9.79. The number of carbonyl (C=O) groups is 1. The highest BCUT2D eigenvalue weighted by Gasteiger charge is 2.13. The van der Waals surface area contributed by atoms with E-state index in [4.69, 9.17) is 10.0 Å². The largest absolute Gasteiger partial charge is 0.488 e. The van der Waals surface area contributed by atoms with E-state index in [1.807, 2.05) is 6.92 Å². The van der Waals surface area contributed by atoms with E-state index in [-0.39, 0.29) is 5.78 Å². The third kappa shape index (κ3) is 3.49. The van der Waals surface area contributed by atoms with Crippen molar-refractivity contribution in [3.05, 3.63) is 29.8 Å². The Balaban J connectivity index is 2.76. The fraction of sp³-hybridized carbons (Fsp3) is 0.364. The number of unbranched alkanes of at least 4 members (excludes halogenated alkanes) is 1. The lowest BCUT2D eigenvalue weighted by Crippen LogP contribution is -2.30. The van der Waals surface area contributed by atoms with Gasteiger partial charge < -0.3 is 10.0 Å². The second-order valence-corrected chi connectivity index (χ2v) is 3.53. The van der Waals surface area contributed by atoms with E-state index in [2.05, 4.69) is 0 Å². The van der Waals surface area contributed by atoms with Gasteiger partial charge in [-0.1, -0.05) is 37.6 Å². The summed E-state index contributed by atoms with van der Waals surface area (Å²) >= 11 is 0. The summed E-state index contributed by atoms with van der Waals surface area (Å²) in [5.41, 5.74) is 0.909. The minimum absolute atomic E-state index is 0.0550. The van der Waals surface area contributed by atoms with Gasteiger partial charge in [0.05, 0.1) is 0 Å². The molecule has 0 saturated carbocycles. The first-order valence-electron chi connectivity index (χ1n) is 5.14. The van der Waals surface area contributed by atoms with Crippen LogP contribution in [0.5, 0.6) is 0 Å². The van der Waals surface area contributed by atoms with E-state index < -0.39 is 7.12 Å². The van der Waals surface area contributed by atoms with Crippen LogP contribution in [0.1, 0.15) is 36.5 Å². The second kappa shape index (κ2) is 5.68. The molecule has 0 bridgehead atoms. The number of Topliss-reactive ketones (excluding diaryl/α,β-unsaturated/α-hetero) is 1. The first-order chi connectivity index (χ1) is 7.15. The van der Waals surface area contributed by atoms with Crippen LogP contribution in [-0.4, -0.2) is 22.9 Å². The minimum atomic E-state index is -1.51. The van der Waals surface area contributed by atoms with Crippen LogP contribution in [0.2, 0.25) is 0 Å². The van der Waals surface area contributed by atoms with Gasteiger partial charge >= 0.3 is 7.12 Å². The summed E-state index contributed by atoms with van der Waals surface area (Å²) in [7, 11) is -1.51. The molecule has 80 valence electrons. The maximum absolute atomic E-state index is 11.6. The zero-order valence-corrected chi connectivity index (χ0v) is 8.81. The van der Waals surface area contributed by atoms with Crippen molar-refractivity contribution in [2.75, 3.05) is 0 Å². The van der Waals surface area contributed by atoms with Gasteiger partial charge in [-0.25, -0.2) is 0 Å². The zero-order valence-electron chi connectivity index (χ0n) is 8.81. The number of hydrogen-bond acceptors (Lipinski definition) is 3. The quantitative estimate of drug-likeness (QED) is 0.551. The Morgan fingerprint density at radius 3 is 2.73 bits per heavy atom. The van der Waals surface area contributed by atoms with E-state index in [1.165, 1.54) is 6.07 Å². The highest BCUT2D eigenvalue weighted by Crippen LogP contribution is 2.05. The lowest BCUT2D eigenvalue weighted by molar-refractivity contribution is 0.0980. The Morgan fingerprint density at radius 1 is 1.40 bits per heavy atom. The molecule has 0 fully saturated rings. The highest BCUT2D eigenvalue weighted by molar-refractivity contribution is 6.58. The van der Waals surface area contributed by atoms with Crippen LogP contribution in [0.4, 0.5) is 0 Å². The molecule has 4 heteroatoms. The van der Waals surface area contributed by atoms with Gasteiger partial charge in [0.1, 0.15) is 0 Å². The van der Waals surface area contributed by atoms with Crippen LogP contribution < -0.4 is 5.46 Å². The molecule has 0 amide bonds. The third-order valence-corrected chi connectivity index (χ3v) is 2.26. The third-order valence-electron chi connectivity index (χ3n) is 2.26. The fourth-order valence-electron chi connectivity index (χ4n) is 1.35. The molecule has 0 unspecified atom stereocenters. The topological polar surface area (TPSA) is 57.5 Å². The molecule has 0 atom stereocenters. The molecule has 0 aromatic heterocycles. The normalized spacial score (nSPS) is 10.1. The van der Waals surface area contributed by atoms with Crippen molar-refractivity contribution in [1.29, 1.82) is 0 Å². The highest BCUT2D eigenvalue weighted by atomic mass is 16.4. The van der Waals surface area contributed by atoms with Crippen molar-refractivity contribution < 1.29 is 14.8 Å². The summed E-state index contributed by atoms with van der Waals surface area (Å²) in [6.45, 7) is 2.03. The van der Waals surface area contributed by atoms with E-state index >= 15 is 0 Å². The smallest absolute Gasteiger partial charge is 0.423 e. The molecule has 3 nitrogen and oxygen atoms in total. The molecule has 1 aromatic carbocycles. The number of carbonyl (C=O) groups excluding carboxylic acids is 1. The summed E-state index contributed by atoms with van der Waals surface area (Å²) in [6, 6.07) is 6.47. The van der Waals surface area contributed by atoms with Gasteiger partial charge in [0, 0.05) is 12.0 Å². The standard InChI is InChI=1S/C11H15BO3/c1-2-3-7-11(13)9-5-4-6-10(8-9)12(14)15/h4-6,8,14-15H,2-3,7H2,1H3. The monoisotopic (exact) mass is 206 g/mol. The Bertz CT molecular complexity index is 336. The Kier molecular flexibility index (Phi) is 4.53. The van der Waals surface area contributed by atoms with Crippen molar-refractivity contribution in [1.82, 2.24) is 0 Å². The van der Waals surface area contributed by atoms with Gasteiger partial charge in [0.2, 0.25) is 0 Å². The van der Waals surface area contributed by atoms with Gasteiger partial charge in [0.25, 0.3) is 0 Å². The average Bonchev–Trinajstić information content (AvgIpc) is 2.26. The van der Waals surface area contributed by atoms with Crippen molar-refractivity contribution in [2.24, 2.45) is 0 Å². The molecule has 2 N–H and O–H groups in total. The van der Waals surface area contributed by atoms with E-state index in [0.29, 0.717) is 17.4 Å². The first kappa shape index (κ1) is 11.9. The first-order valence-corrected chi connectivity index (χ1v) is 5.14. The summed E-state index contributed by atoms with van der Waals surface area (Å²) < 4.78 is 0. The SMILES string of the molecule is CCCCC(=O)c1cccc(B(O)O)c1. The average molecular weight is 206 g/mol. The molecule has 0 aliphatic rings. The minimum Gasteiger partial charge on any atom is -0.423 e. The molecule has 1 rings (SSSR count). The van der Waals surface area contributed by atoms with Crippen LogP contribution >= 0.6 is 0 Å². The van der Waals surface area contributed by atoms with Crippen LogP contribution in [0, 0.1) is 0 Å². The molecular formula is C11H15BO3. The van der Waals surface area contributed by atoms with Gasteiger partial charge in [-0.3, -0.25) is 4.79 Å². The lowest BCUT2D eigenvalue weighted by Gasteiger charge is -2.03. The number of rotatable bonds is 5. The molecule has 15 heavy (non-hydrogen) atoms. The number of ketones is 1. The molecule has 0 aliphatic heterocycles. The zero-order chi connectivity index (χ0) is 11.3. The van der Waals surface area contributed by atoms with Crippen molar-refractivity contribution in [2.45, 2.75) is 26.2 Å². The Morgan fingerprint density at radius 2 is 2.13 bits per heavy atom.